The van der Waals surface area contributed by atoms with E-state index in [4.69, 9.17) is 0 Å². The second-order valence-electron chi connectivity index (χ2n) is 5.37. The molecule has 0 saturated carbocycles. The molecule has 0 aromatic heterocycles. The van der Waals surface area contributed by atoms with E-state index in [1.54, 1.807) is 12.1 Å². The number of carbonyl (C=O) groups excluding carboxylic acids is 2. The molecule has 0 radical (unpaired) electrons. The lowest BCUT2D eigenvalue weighted by molar-refractivity contribution is -0.119. The van der Waals surface area contributed by atoms with Crippen LogP contribution in [-0.4, -0.2) is 33.2 Å². The maximum atomic E-state index is 12.0. The maximum absolute atomic E-state index is 12.0. The van der Waals surface area contributed by atoms with Crippen LogP contribution in [0.4, 0.5) is 4.79 Å². The predicted molar refractivity (Wildman–Crippen MR) is 85.2 cm³/mol. The SMILES string of the molecule is CNC(=O)NC(=O)CCS(=O)(=O)Cc1ccc(C(C)C)cc1. The highest BCUT2D eigenvalue weighted by Crippen LogP contribution is 2.16. The van der Waals surface area contributed by atoms with E-state index < -0.39 is 21.8 Å². The first-order valence-corrected chi connectivity index (χ1v) is 8.86. The largest absolute Gasteiger partial charge is 0.341 e. The standard InChI is InChI=1S/C15H22N2O4S/c1-11(2)13-6-4-12(5-7-13)10-22(20,21)9-8-14(18)17-15(19)16-3/h4-7,11H,8-10H2,1-3H3,(H2,16,17,18,19). The van der Waals surface area contributed by atoms with Gasteiger partial charge in [-0.15, -0.1) is 0 Å². The Morgan fingerprint density at radius 2 is 1.73 bits per heavy atom. The van der Waals surface area contributed by atoms with Crippen molar-refractivity contribution < 1.29 is 18.0 Å². The summed E-state index contributed by atoms with van der Waals surface area (Å²) in [5, 5.41) is 4.26. The number of benzene rings is 1. The smallest absolute Gasteiger partial charge is 0.321 e. The zero-order valence-electron chi connectivity index (χ0n) is 13.0. The number of sulfone groups is 1. The Bertz CT molecular complexity index is 621. The third kappa shape index (κ3) is 6.26. The highest BCUT2D eigenvalue weighted by atomic mass is 32.2. The predicted octanol–water partition coefficient (Wildman–Crippen LogP) is 1.57. The number of hydrogen-bond acceptors (Lipinski definition) is 4. The van der Waals surface area contributed by atoms with Gasteiger partial charge in [-0.05, 0) is 17.0 Å². The Kier molecular flexibility index (Phi) is 6.55. The van der Waals surface area contributed by atoms with Gasteiger partial charge in [-0.2, -0.15) is 0 Å². The third-order valence-electron chi connectivity index (χ3n) is 3.15. The van der Waals surface area contributed by atoms with Crippen LogP contribution >= 0.6 is 0 Å². The van der Waals surface area contributed by atoms with Crippen molar-refractivity contribution in [1.29, 1.82) is 0 Å². The molecule has 0 heterocycles. The summed E-state index contributed by atoms with van der Waals surface area (Å²) in [4.78, 5) is 22.3. The Morgan fingerprint density at radius 3 is 2.23 bits per heavy atom. The van der Waals surface area contributed by atoms with E-state index in [0.717, 1.165) is 5.56 Å². The molecule has 0 saturated heterocycles. The minimum absolute atomic E-state index is 0.112. The zero-order chi connectivity index (χ0) is 16.8. The summed E-state index contributed by atoms with van der Waals surface area (Å²) in [7, 11) is -2.02. The highest BCUT2D eigenvalue weighted by Gasteiger charge is 2.15. The van der Waals surface area contributed by atoms with Crippen molar-refractivity contribution in [2.45, 2.75) is 31.9 Å². The van der Waals surface area contributed by atoms with Crippen molar-refractivity contribution in [2.75, 3.05) is 12.8 Å². The molecule has 1 aromatic rings. The molecule has 7 heteroatoms. The Hall–Kier alpha value is -1.89. The molecule has 0 aliphatic carbocycles. The van der Waals surface area contributed by atoms with Crippen LogP contribution in [0.5, 0.6) is 0 Å². The number of rotatable bonds is 6. The lowest BCUT2D eigenvalue weighted by Gasteiger charge is -2.08. The first-order valence-electron chi connectivity index (χ1n) is 7.04. The first-order chi connectivity index (χ1) is 10.2. The molecule has 3 amide bonds. The van der Waals surface area contributed by atoms with Gasteiger partial charge in [0.05, 0.1) is 11.5 Å². The summed E-state index contributed by atoms with van der Waals surface area (Å²) in [6.45, 7) is 4.13. The van der Waals surface area contributed by atoms with Gasteiger partial charge in [0.25, 0.3) is 0 Å². The third-order valence-corrected chi connectivity index (χ3v) is 4.75. The topological polar surface area (TPSA) is 92.3 Å². The average molecular weight is 326 g/mol. The number of carbonyl (C=O) groups is 2. The Balaban J connectivity index is 2.56. The molecular formula is C15H22N2O4S. The van der Waals surface area contributed by atoms with Crippen LogP contribution in [0.25, 0.3) is 0 Å². The van der Waals surface area contributed by atoms with Crippen molar-refractivity contribution in [1.82, 2.24) is 10.6 Å². The van der Waals surface area contributed by atoms with E-state index in [1.165, 1.54) is 7.05 Å². The van der Waals surface area contributed by atoms with Crippen LogP contribution in [0.1, 0.15) is 37.3 Å². The molecule has 0 fully saturated rings. The summed E-state index contributed by atoms with van der Waals surface area (Å²) in [5.74, 6) is -0.627. The van der Waals surface area contributed by atoms with E-state index >= 15 is 0 Å². The lowest BCUT2D eigenvalue weighted by atomic mass is 10.0. The fourth-order valence-electron chi connectivity index (χ4n) is 1.82. The molecule has 0 spiro atoms. The molecule has 22 heavy (non-hydrogen) atoms. The molecule has 122 valence electrons. The van der Waals surface area contributed by atoms with Gasteiger partial charge < -0.3 is 5.32 Å². The lowest BCUT2D eigenvalue weighted by Crippen LogP contribution is -2.38. The second-order valence-corrected chi connectivity index (χ2v) is 7.55. The van der Waals surface area contributed by atoms with E-state index in [0.29, 0.717) is 11.5 Å². The summed E-state index contributed by atoms with van der Waals surface area (Å²) in [6, 6.07) is 6.75. The monoisotopic (exact) mass is 326 g/mol. The molecule has 6 nitrogen and oxygen atoms in total. The van der Waals surface area contributed by atoms with Gasteiger partial charge in [0.2, 0.25) is 5.91 Å². The molecule has 1 rings (SSSR count). The number of imide groups is 1. The maximum Gasteiger partial charge on any atom is 0.321 e. The molecule has 1 aromatic carbocycles. The minimum atomic E-state index is -3.40. The van der Waals surface area contributed by atoms with Gasteiger partial charge in [0.1, 0.15) is 0 Å². The van der Waals surface area contributed by atoms with E-state index in [9.17, 15) is 18.0 Å². The summed E-state index contributed by atoms with van der Waals surface area (Å²) < 4.78 is 24.0. The van der Waals surface area contributed by atoms with Crippen molar-refractivity contribution in [2.24, 2.45) is 0 Å². The number of amides is 3. The zero-order valence-corrected chi connectivity index (χ0v) is 13.9. The summed E-state index contributed by atoms with van der Waals surface area (Å²) in [5.41, 5.74) is 1.84. The van der Waals surface area contributed by atoms with Gasteiger partial charge >= 0.3 is 6.03 Å². The van der Waals surface area contributed by atoms with Crippen molar-refractivity contribution in [3.05, 3.63) is 35.4 Å². The molecule has 0 atom stereocenters. The van der Waals surface area contributed by atoms with Crippen LogP contribution in [0, 0.1) is 0 Å². The van der Waals surface area contributed by atoms with Crippen LogP contribution in [0.3, 0.4) is 0 Å². The fraction of sp³-hybridized carbons (Fsp3) is 0.467. The number of urea groups is 1. The molecule has 0 unspecified atom stereocenters. The van der Waals surface area contributed by atoms with Crippen LogP contribution < -0.4 is 10.6 Å². The van der Waals surface area contributed by atoms with Crippen LogP contribution in [0.2, 0.25) is 0 Å². The van der Waals surface area contributed by atoms with Crippen molar-refractivity contribution in [3.8, 4) is 0 Å². The van der Waals surface area contributed by atoms with Gasteiger partial charge in [-0.1, -0.05) is 38.1 Å². The number of nitrogens with one attached hydrogen (secondary N) is 2. The first kappa shape index (κ1) is 18.2. The fourth-order valence-corrected chi connectivity index (χ4v) is 3.17. The molecular weight excluding hydrogens is 304 g/mol. The summed E-state index contributed by atoms with van der Waals surface area (Å²) in [6.07, 6.45) is -0.236. The van der Waals surface area contributed by atoms with Crippen molar-refractivity contribution >= 4 is 21.8 Å². The average Bonchev–Trinajstić information content (AvgIpc) is 2.45. The molecule has 2 N–H and O–H groups in total. The van der Waals surface area contributed by atoms with Gasteiger partial charge in [0, 0.05) is 13.5 Å². The molecule has 0 aliphatic rings. The normalized spacial score (nSPS) is 11.3. The summed E-state index contributed by atoms with van der Waals surface area (Å²) >= 11 is 0. The van der Waals surface area contributed by atoms with Gasteiger partial charge in [0.15, 0.2) is 9.84 Å². The highest BCUT2D eigenvalue weighted by molar-refractivity contribution is 7.90. The Labute approximate surface area is 131 Å². The molecule has 0 bridgehead atoms. The Morgan fingerprint density at radius 1 is 1.14 bits per heavy atom. The van der Waals surface area contributed by atoms with Crippen molar-refractivity contribution in [3.63, 3.8) is 0 Å². The van der Waals surface area contributed by atoms with E-state index in [1.807, 2.05) is 17.4 Å². The van der Waals surface area contributed by atoms with Gasteiger partial charge in [-0.3, -0.25) is 10.1 Å². The minimum Gasteiger partial charge on any atom is -0.341 e. The number of hydrogen-bond donors (Lipinski definition) is 2. The van der Waals surface area contributed by atoms with E-state index in [-0.39, 0.29) is 17.9 Å². The van der Waals surface area contributed by atoms with Crippen LogP contribution in [-0.2, 0) is 20.4 Å². The molecule has 0 aliphatic heterocycles. The van der Waals surface area contributed by atoms with E-state index in [2.05, 4.69) is 19.2 Å². The van der Waals surface area contributed by atoms with Crippen LogP contribution in [0.15, 0.2) is 24.3 Å². The second kappa shape index (κ2) is 7.93. The van der Waals surface area contributed by atoms with Gasteiger partial charge in [-0.25, -0.2) is 13.2 Å². The quantitative estimate of drug-likeness (QED) is 0.830.